The number of aromatic nitrogens is 3. The minimum atomic E-state index is 0.268. The number of rotatable bonds is 6. The van der Waals surface area contributed by atoms with Crippen LogP contribution in [0, 0.1) is 11.8 Å². The molecule has 0 aliphatic carbocycles. The fourth-order valence-corrected chi connectivity index (χ4v) is 3.70. The number of anilines is 1. The van der Waals surface area contributed by atoms with Crippen molar-refractivity contribution >= 4 is 16.9 Å². The summed E-state index contributed by atoms with van der Waals surface area (Å²) in [6, 6.07) is 6.13. The van der Waals surface area contributed by atoms with E-state index in [1.165, 1.54) is 6.33 Å². The number of hydrogen-bond donors (Lipinski definition) is 2. The van der Waals surface area contributed by atoms with Gasteiger partial charge in [0.25, 0.3) is 0 Å². The van der Waals surface area contributed by atoms with E-state index in [0.717, 1.165) is 35.1 Å². The van der Waals surface area contributed by atoms with Crippen molar-refractivity contribution in [3.05, 3.63) is 41.9 Å². The largest absolute Gasteiger partial charge is 0.497 e. The standard InChI is InChI=1S/C22H25N5O3/c1-28-7-6-18-19(11-24-18)27-12-15(20-21(23)25-13-26-22(20)27)5-4-14-8-16(29-2)10-17(9-14)30-3/h8-10,12-13,18-19,24H,6-7,11H2,1-3H3,(H2,23,25,26). The minimum absolute atomic E-state index is 0.268. The molecule has 1 fully saturated rings. The fraction of sp³-hybridized carbons (Fsp3) is 0.364. The van der Waals surface area contributed by atoms with Crippen molar-refractivity contribution < 1.29 is 14.2 Å². The third kappa shape index (κ3) is 3.77. The van der Waals surface area contributed by atoms with Crippen LogP contribution in [0.4, 0.5) is 5.82 Å². The molecular weight excluding hydrogens is 382 g/mol. The van der Waals surface area contributed by atoms with Gasteiger partial charge in [0.1, 0.15) is 29.3 Å². The molecule has 1 aliphatic heterocycles. The fourth-order valence-electron chi connectivity index (χ4n) is 3.70. The first-order chi connectivity index (χ1) is 14.6. The van der Waals surface area contributed by atoms with Gasteiger partial charge < -0.3 is 29.8 Å². The summed E-state index contributed by atoms with van der Waals surface area (Å²) in [6.07, 6.45) is 4.44. The second-order valence-corrected chi connectivity index (χ2v) is 7.12. The van der Waals surface area contributed by atoms with E-state index >= 15 is 0 Å². The monoisotopic (exact) mass is 407 g/mol. The van der Waals surface area contributed by atoms with Gasteiger partial charge >= 0.3 is 0 Å². The number of nitrogens with one attached hydrogen (secondary N) is 1. The average Bonchev–Trinajstić information content (AvgIpc) is 3.10. The van der Waals surface area contributed by atoms with E-state index in [1.807, 2.05) is 24.4 Å². The smallest absolute Gasteiger partial charge is 0.147 e. The molecule has 3 heterocycles. The molecule has 156 valence electrons. The second kappa shape index (κ2) is 8.61. The van der Waals surface area contributed by atoms with Gasteiger partial charge in [0.15, 0.2) is 0 Å². The van der Waals surface area contributed by atoms with Crippen molar-refractivity contribution in [2.75, 3.05) is 40.2 Å². The normalized spacial score (nSPS) is 17.8. The lowest BCUT2D eigenvalue weighted by Crippen LogP contribution is -2.53. The third-order valence-electron chi connectivity index (χ3n) is 5.38. The van der Waals surface area contributed by atoms with Gasteiger partial charge in [-0.25, -0.2) is 9.97 Å². The Morgan fingerprint density at radius 3 is 2.53 bits per heavy atom. The van der Waals surface area contributed by atoms with Gasteiger partial charge in [-0.3, -0.25) is 0 Å². The maximum absolute atomic E-state index is 6.20. The number of fused-ring (bicyclic) bond motifs is 1. The summed E-state index contributed by atoms with van der Waals surface area (Å²) in [5.41, 5.74) is 8.57. The lowest BCUT2D eigenvalue weighted by Gasteiger charge is -2.39. The number of nitrogen functional groups attached to an aromatic ring is 1. The molecule has 30 heavy (non-hydrogen) atoms. The van der Waals surface area contributed by atoms with E-state index in [1.54, 1.807) is 21.3 Å². The summed E-state index contributed by atoms with van der Waals surface area (Å²) in [5.74, 6) is 8.23. The Balaban J connectivity index is 1.74. The highest BCUT2D eigenvalue weighted by molar-refractivity contribution is 5.92. The van der Waals surface area contributed by atoms with Crippen LogP contribution >= 0.6 is 0 Å². The molecule has 8 heteroatoms. The van der Waals surface area contributed by atoms with Gasteiger partial charge in [0.2, 0.25) is 0 Å². The highest BCUT2D eigenvalue weighted by Gasteiger charge is 2.33. The number of methoxy groups -OCH3 is 3. The molecule has 0 spiro atoms. The first kappa shape index (κ1) is 20.0. The van der Waals surface area contributed by atoms with Gasteiger partial charge in [-0.05, 0) is 18.6 Å². The van der Waals surface area contributed by atoms with Crippen molar-refractivity contribution in [3.8, 4) is 23.3 Å². The molecule has 2 atom stereocenters. The molecule has 0 bridgehead atoms. The lowest BCUT2D eigenvalue weighted by molar-refractivity contribution is 0.143. The zero-order chi connectivity index (χ0) is 21.1. The van der Waals surface area contributed by atoms with E-state index in [2.05, 4.69) is 31.7 Å². The Kier molecular flexibility index (Phi) is 5.74. The summed E-state index contributed by atoms with van der Waals surface area (Å²) in [5, 5.41) is 4.24. The molecule has 4 rings (SSSR count). The van der Waals surface area contributed by atoms with Crippen LogP contribution in [0.15, 0.2) is 30.7 Å². The SMILES string of the molecule is COCCC1NCC1n1cc(C#Cc2cc(OC)cc(OC)c2)c2c(N)ncnc21. The van der Waals surface area contributed by atoms with Crippen molar-refractivity contribution in [2.24, 2.45) is 0 Å². The summed E-state index contributed by atoms with van der Waals surface area (Å²) >= 11 is 0. The number of hydrogen-bond acceptors (Lipinski definition) is 7. The van der Waals surface area contributed by atoms with Crippen LogP contribution in [0.3, 0.4) is 0 Å². The average molecular weight is 407 g/mol. The zero-order valence-electron chi connectivity index (χ0n) is 17.3. The molecule has 0 amide bonds. The first-order valence-corrected chi connectivity index (χ1v) is 9.73. The van der Waals surface area contributed by atoms with Crippen LogP contribution in [0.1, 0.15) is 23.6 Å². The van der Waals surface area contributed by atoms with Crippen molar-refractivity contribution in [3.63, 3.8) is 0 Å². The molecule has 2 aromatic heterocycles. The molecule has 3 aromatic rings. The van der Waals surface area contributed by atoms with Crippen LogP contribution in [-0.4, -0.2) is 55.1 Å². The van der Waals surface area contributed by atoms with E-state index in [-0.39, 0.29) is 6.04 Å². The molecule has 3 N–H and O–H groups in total. The summed E-state index contributed by atoms with van der Waals surface area (Å²) in [4.78, 5) is 8.67. The van der Waals surface area contributed by atoms with E-state index in [4.69, 9.17) is 19.9 Å². The molecule has 8 nitrogen and oxygen atoms in total. The van der Waals surface area contributed by atoms with E-state index < -0.39 is 0 Å². The minimum Gasteiger partial charge on any atom is -0.497 e. The molecule has 0 radical (unpaired) electrons. The van der Waals surface area contributed by atoms with E-state index in [9.17, 15) is 0 Å². The summed E-state index contributed by atoms with van der Waals surface area (Å²) in [6.45, 7) is 1.57. The predicted molar refractivity (Wildman–Crippen MR) is 115 cm³/mol. The Morgan fingerprint density at radius 2 is 1.90 bits per heavy atom. The predicted octanol–water partition coefficient (Wildman–Crippen LogP) is 1.98. The zero-order valence-corrected chi connectivity index (χ0v) is 17.3. The maximum atomic E-state index is 6.20. The molecular formula is C22H25N5O3. The topological polar surface area (TPSA) is 96.5 Å². The van der Waals surface area contributed by atoms with Crippen LogP contribution in [0.2, 0.25) is 0 Å². The van der Waals surface area contributed by atoms with Crippen molar-refractivity contribution in [2.45, 2.75) is 18.5 Å². The van der Waals surface area contributed by atoms with Gasteiger partial charge in [-0.2, -0.15) is 0 Å². The van der Waals surface area contributed by atoms with Crippen LogP contribution in [0.5, 0.6) is 11.5 Å². The Labute approximate surface area is 175 Å². The molecule has 1 aliphatic rings. The Hall–Kier alpha value is -3.28. The van der Waals surface area contributed by atoms with Gasteiger partial charge in [0.05, 0.1) is 31.2 Å². The molecule has 1 saturated heterocycles. The number of ether oxygens (including phenoxy) is 3. The summed E-state index contributed by atoms with van der Waals surface area (Å²) < 4.78 is 18.0. The Morgan fingerprint density at radius 1 is 1.13 bits per heavy atom. The van der Waals surface area contributed by atoms with Crippen LogP contribution in [-0.2, 0) is 4.74 Å². The van der Waals surface area contributed by atoms with Gasteiger partial charge in [-0.1, -0.05) is 11.8 Å². The lowest BCUT2D eigenvalue weighted by atomic mass is 9.97. The number of nitrogens with two attached hydrogens (primary N) is 1. The van der Waals surface area contributed by atoms with Crippen molar-refractivity contribution in [1.82, 2.24) is 19.9 Å². The Bertz CT molecular complexity index is 1090. The quantitative estimate of drug-likeness (QED) is 0.603. The number of benzene rings is 1. The number of nitrogens with zero attached hydrogens (tertiary/aromatic N) is 3. The van der Waals surface area contributed by atoms with Crippen molar-refractivity contribution in [1.29, 1.82) is 0 Å². The second-order valence-electron chi connectivity index (χ2n) is 7.12. The van der Waals surface area contributed by atoms with Gasteiger partial charge in [0, 0.05) is 44.1 Å². The highest BCUT2D eigenvalue weighted by Crippen LogP contribution is 2.31. The molecule has 2 unspecified atom stereocenters. The summed E-state index contributed by atoms with van der Waals surface area (Å²) in [7, 11) is 4.95. The van der Waals surface area contributed by atoms with Crippen LogP contribution in [0.25, 0.3) is 11.0 Å². The third-order valence-corrected chi connectivity index (χ3v) is 5.38. The maximum Gasteiger partial charge on any atom is 0.147 e. The van der Waals surface area contributed by atoms with Gasteiger partial charge in [-0.15, -0.1) is 0 Å². The first-order valence-electron chi connectivity index (χ1n) is 9.73. The molecule has 0 saturated carbocycles. The highest BCUT2D eigenvalue weighted by atomic mass is 16.5. The van der Waals surface area contributed by atoms with E-state index in [0.29, 0.717) is 30.0 Å². The van der Waals surface area contributed by atoms with Crippen LogP contribution < -0.4 is 20.5 Å². The molecule has 1 aromatic carbocycles.